The standard InChI is InChI=1S/C34H51O6PSi/c1-21-16-17-27(36-20-37-41)33(8)26(35)18-24-22(2)25(40-42(9,10)31(3,4)5)19-34(32(24,6)7)29(28(21)33)38-30(39-34)23-14-12-11-13-15-23/h11-16,25,27-30H,17-20,41H2,1-10H3/t25-,27-,28-,29-,30-,33+,34+/m0/s1. The molecule has 0 amide bonds. The van der Waals surface area contributed by atoms with E-state index in [-0.39, 0.29) is 41.8 Å². The van der Waals surface area contributed by atoms with Gasteiger partial charge in [0.2, 0.25) is 0 Å². The number of carbonyl (C=O) groups excluding carboxylic acids is 1. The second-order valence-corrected chi connectivity index (χ2v) is 20.2. The lowest BCUT2D eigenvalue weighted by atomic mass is 9.49. The monoisotopic (exact) mass is 614 g/mol. The van der Waals surface area contributed by atoms with Crippen LogP contribution in [0.4, 0.5) is 0 Å². The highest BCUT2D eigenvalue weighted by molar-refractivity contribution is 7.09. The average Bonchev–Trinajstić information content (AvgIpc) is 3.29. The van der Waals surface area contributed by atoms with Gasteiger partial charge in [-0.05, 0) is 50.9 Å². The van der Waals surface area contributed by atoms with E-state index in [4.69, 9.17) is 23.2 Å². The Morgan fingerprint density at radius 2 is 1.76 bits per heavy atom. The molecular formula is C34H51O6PSi. The molecule has 1 aromatic rings. The summed E-state index contributed by atoms with van der Waals surface area (Å²) in [6, 6.07) is 10.2. The number of carbonyl (C=O) groups is 1. The molecule has 6 nitrogen and oxygen atoms in total. The van der Waals surface area contributed by atoms with E-state index in [1.54, 1.807) is 0 Å². The van der Waals surface area contributed by atoms with Crippen molar-refractivity contribution in [2.24, 2.45) is 16.7 Å². The largest absolute Gasteiger partial charge is 0.410 e. The van der Waals surface area contributed by atoms with Crippen LogP contribution >= 0.6 is 9.47 Å². The second-order valence-electron chi connectivity index (χ2n) is 15.1. The highest BCUT2D eigenvalue weighted by Gasteiger charge is 2.70. The van der Waals surface area contributed by atoms with Gasteiger partial charge < -0.3 is 23.2 Å². The molecule has 8 heteroatoms. The summed E-state index contributed by atoms with van der Waals surface area (Å²) in [5.41, 5.74) is 2.43. The van der Waals surface area contributed by atoms with Crippen molar-refractivity contribution in [3.05, 3.63) is 58.7 Å². The molecule has 1 heterocycles. The molecule has 4 aliphatic rings. The fourth-order valence-electron chi connectivity index (χ4n) is 7.91. The lowest BCUT2D eigenvalue weighted by Crippen LogP contribution is -2.67. The fraction of sp³-hybridized carbons (Fsp3) is 0.676. The first-order valence-corrected chi connectivity index (χ1v) is 18.8. The molecule has 42 heavy (non-hydrogen) atoms. The minimum Gasteiger partial charge on any atom is -0.410 e. The van der Waals surface area contributed by atoms with Crippen molar-refractivity contribution in [2.45, 2.75) is 123 Å². The van der Waals surface area contributed by atoms with Crippen LogP contribution in [-0.4, -0.2) is 44.8 Å². The van der Waals surface area contributed by atoms with E-state index in [1.165, 1.54) is 5.57 Å². The molecule has 1 aromatic carbocycles. The Labute approximate surface area is 256 Å². The molecule has 5 rings (SSSR count). The topological polar surface area (TPSA) is 63.2 Å². The van der Waals surface area contributed by atoms with Gasteiger partial charge in [-0.2, -0.15) is 0 Å². The van der Waals surface area contributed by atoms with Gasteiger partial charge in [0.05, 0.1) is 23.7 Å². The van der Waals surface area contributed by atoms with Crippen molar-refractivity contribution in [3.8, 4) is 0 Å². The second kappa shape index (κ2) is 11.0. The van der Waals surface area contributed by atoms with Gasteiger partial charge in [0.1, 0.15) is 18.2 Å². The van der Waals surface area contributed by atoms with Gasteiger partial charge in [-0.25, -0.2) is 0 Å². The zero-order valence-corrected chi connectivity index (χ0v) is 29.4. The Balaban J connectivity index is 1.73. The van der Waals surface area contributed by atoms with Gasteiger partial charge in [0.15, 0.2) is 14.6 Å². The van der Waals surface area contributed by atoms with Gasteiger partial charge in [0.25, 0.3) is 0 Å². The van der Waals surface area contributed by atoms with Crippen LogP contribution in [0.1, 0.15) is 86.5 Å². The quantitative estimate of drug-likeness (QED) is 0.140. The molecule has 0 radical (unpaired) electrons. The Kier molecular flexibility index (Phi) is 8.45. The molecular weight excluding hydrogens is 563 g/mol. The van der Waals surface area contributed by atoms with Crippen molar-refractivity contribution < 1.29 is 28.0 Å². The number of hydrogen-bond acceptors (Lipinski definition) is 6. The Bertz CT molecular complexity index is 1270. The molecule has 2 bridgehead atoms. The summed E-state index contributed by atoms with van der Waals surface area (Å²) in [6.45, 7) is 22.5. The molecule has 2 fully saturated rings. The Morgan fingerprint density at radius 1 is 1.10 bits per heavy atom. The van der Waals surface area contributed by atoms with E-state index in [0.29, 0.717) is 19.3 Å². The van der Waals surface area contributed by atoms with Gasteiger partial charge in [0, 0.05) is 39.2 Å². The van der Waals surface area contributed by atoms with Crippen LogP contribution < -0.4 is 0 Å². The molecule has 0 aromatic heterocycles. The van der Waals surface area contributed by atoms with Crippen LogP contribution in [0.2, 0.25) is 18.1 Å². The predicted molar refractivity (Wildman–Crippen MR) is 171 cm³/mol. The van der Waals surface area contributed by atoms with Crippen molar-refractivity contribution in [1.29, 1.82) is 0 Å². The number of hydrogen-bond donors (Lipinski definition) is 0. The minimum absolute atomic E-state index is 0.0466. The smallest absolute Gasteiger partial charge is 0.192 e. The van der Waals surface area contributed by atoms with Gasteiger partial charge in [-0.15, -0.1) is 0 Å². The summed E-state index contributed by atoms with van der Waals surface area (Å²) in [6.07, 6.45) is 2.46. The van der Waals surface area contributed by atoms with Gasteiger partial charge in [-0.1, -0.05) is 82.2 Å². The number of benzene rings is 1. The molecule has 1 unspecified atom stereocenters. The highest BCUT2D eigenvalue weighted by atomic mass is 31.0. The van der Waals surface area contributed by atoms with E-state index in [9.17, 15) is 4.79 Å². The summed E-state index contributed by atoms with van der Waals surface area (Å²) in [4.78, 5) is 14.7. The van der Waals surface area contributed by atoms with E-state index in [0.717, 1.165) is 16.7 Å². The molecule has 0 N–H and O–H groups in total. The summed E-state index contributed by atoms with van der Waals surface area (Å²) in [5, 5.41) is 0.0466. The van der Waals surface area contributed by atoms with Crippen LogP contribution in [-0.2, 0) is 28.0 Å². The summed E-state index contributed by atoms with van der Waals surface area (Å²) in [5.74, 6) is -0.0424. The van der Waals surface area contributed by atoms with Crippen LogP contribution in [0.25, 0.3) is 0 Å². The first-order chi connectivity index (χ1) is 19.5. The molecule has 1 aliphatic heterocycles. The van der Waals surface area contributed by atoms with Crippen LogP contribution in [0.5, 0.6) is 0 Å². The third-order valence-electron chi connectivity index (χ3n) is 11.7. The first kappa shape index (κ1) is 32.2. The number of ether oxygens (including phenoxy) is 3. The van der Waals surface area contributed by atoms with Crippen LogP contribution in [0.15, 0.2) is 53.1 Å². The minimum atomic E-state index is -2.15. The normalized spacial score (nSPS) is 36.6. The lowest BCUT2D eigenvalue weighted by Gasteiger charge is -2.60. The zero-order valence-electron chi connectivity index (χ0n) is 27.2. The van der Waals surface area contributed by atoms with Gasteiger partial charge >= 0.3 is 0 Å². The molecule has 8 atom stereocenters. The van der Waals surface area contributed by atoms with Gasteiger partial charge in [-0.3, -0.25) is 4.79 Å². The number of ketones is 1. The summed E-state index contributed by atoms with van der Waals surface area (Å²) < 4.78 is 33.1. The maximum absolute atomic E-state index is 14.7. The zero-order chi connectivity index (χ0) is 30.9. The third kappa shape index (κ3) is 4.87. The molecule has 1 saturated carbocycles. The highest BCUT2D eigenvalue weighted by Crippen LogP contribution is 2.65. The Hall–Kier alpha value is -1.18. The van der Waals surface area contributed by atoms with E-state index < -0.39 is 31.0 Å². The summed E-state index contributed by atoms with van der Waals surface area (Å²) >= 11 is 0. The number of fused-ring (bicyclic) bond motifs is 3. The molecule has 3 aliphatic carbocycles. The average molecular weight is 615 g/mol. The van der Waals surface area contributed by atoms with Crippen molar-refractivity contribution >= 4 is 23.6 Å². The maximum Gasteiger partial charge on any atom is 0.192 e. The third-order valence-corrected chi connectivity index (χ3v) is 16.3. The van der Waals surface area contributed by atoms with E-state index >= 15 is 0 Å². The predicted octanol–water partition coefficient (Wildman–Crippen LogP) is 8.07. The van der Waals surface area contributed by atoms with Crippen molar-refractivity contribution in [2.75, 3.05) is 6.79 Å². The van der Waals surface area contributed by atoms with Crippen molar-refractivity contribution in [3.63, 3.8) is 0 Å². The molecule has 232 valence electrons. The SMILES string of the molecule is CC1=CC[C@H](OCOP)[C@@]2(C)C(=O)CC3=C(C)[C@@H](O[Si](C)(C)C(C)(C)C)C[C@]4(O[C@@H](c5ccccc5)O[C@H]4[C@H]12)C3(C)C. The van der Waals surface area contributed by atoms with E-state index in [1.807, 2.05) is 18.2 Å². The van der Waals surface area contributed by atoms with Crippen LogP contribution in [0, 0.1) is 16.7 Å². The lowest BCUT2D eigenvalue weighted by molar-refractivity contribution is -0.174. The molecule has 1 spiro atoms. The first-order valence-electron chi connectivity index (χ1n) is 15.4. The Morgan fingerprint density at radius 3 is 2.38 bits per heavy atom. The number of Topliss-reactive ketones (excluding diaryl/α,β-unsaturated/α-hetero) is 1. The number of rotatable bonds is 6. The van der Waals surface area contributed by atoms with Crippen molar-refractivity contribution in [1.82, 2.24) is 0 Å². The summed E-state index contributed by atoms with van der Waals surface area (Å²) in [7, 11) is 0.0970. The maximum atomic E-state index is 14.7. The molecule has 1 saturated heterocycles. The fourth-order valence-corrected chi connectivity index (χ4v) is 9.31. The van der Waals surface area contributed by atoms with Crippen LogP contribution in [0.3, 0.4) is 0 Å². The van der Waals surface area contributed by atoms with E-state index in [2.05, 4.69) is 96.2 Å².